The number of aromatic nitrogens is 3. The molecule has 0 radical (unpaired) electrons. The highest BCUT2D eigenvalue weighted by molar-refractivity contribution is 7.07. The van der Waals surface area contributed by atoms with E-state index in [0.29, 0.717) is 18.1 Å². The van der Waals surface area contributed by atoms with Crippen LogP contribution in [0, 0.1) is 0 Å². The Kier molecular flexibility index (Phi) is 5.19. The number of hydrogen-bond donors (Lipinski definition) is 0. The van der Waals surface area contributed by atoms with Crippen LogP contribution >= 0.6 is 22.9 Å². The summed E-state index contributed by atoms with van der Waals surface area (Å²) in [6, 6.07) is 5.98. The quantitative estimate of drug-likeness (QED) is 0.679. The van der Waals surface area contributed by atoms with Gasteiger partial charge in [0.05, 0.1) is 28.3 Å². The highest BCUT2D eigenvalue weighted by Crippen LogP contribution is 2.31. The fourth-order valence-electron chi connectivity index (χ4n) is 3.11. The van der Waals surface area contributed by atoms with Crippen LogP contribution in [0.3, 0.4) is 0 Å². The Morgan fingerprint density at radius 1 is 1.23 bits per heavy atom. The number of rotatable bonds is 4. The molecular weight excluding hydrogens is 370 g/mol. The molecule has 0 atom stereocenters. The minimum Gasteiger partial charge on any atom is -0.369 e. The second-order valence-corrected chi connectivity index (χ2v) is 7.60. The van der Waals surface area contributed by atoms with Crippen molar-refractivity contribution in [3.05, 3.63) is 45.7 Å². The fraction of sp³-hybridized carbons (Fsp3) is 0.389. The van der Waals surface area contributed by atoms with Crippen molar-refractivity contribution in [2.24, 2.45) is 0 Å². The molecule has 0 N–H and O–H groups in total. The molecule has 0 aliphatic carbocycles. The maximum absolute atomic E-state index is 6.57. The smallest absolute Gasteiger partial charge is 0.233 e. The Morgan fingerprint density at radius 2 is 2.15 bits per heavy atom. The average Bonchev–Trinajstić information content (AvgIpc) is 3.26. The summed E-state index contributed by atoms with van der Waals surface area (Å²) < 4.78 is 5.35. The van der Waals surface area contributed by atoms with Gasteiger partial charge in [0.1, 0.15) is 0 Å². The highest BCUT2D eigenvalue weighted by Gasteiger charge is 2.17. The molecule has 0 amide bonds. The van der Waals surface area contributed by atoms with Gasteiger partial charge in [-0.3, -0.25) is 0 Å². The van der Waals surface area contributed by atoms with E-state index >= 15 is 0 Å². The predicted molar refractivity (Wildman–Crippen MR) is 104 cm³/mol. The number of thiazole rings is 1. The van der Waals surface area contributed by atoms with Gasteiger partial charge < -0.3 is 14.3 Å². The summed E-state index contributed by atoms with van der Waals surface area (Å²) in [6.45, 7) is 4.17. The summed E-state index contributed by atoms with van der Waals surface area (Å²) in [4.78, 5) is 13.4. The lowest BCUT2D eigenvalue weighted by molar-refractivity contribution is 0.360. The van der Waals surface area contributed by atoms with Gasteiger partial charge in [0, 0.05) is 30.6 Å². The molecule has 0 bridgehead atoms. The molecule has 1 saturated heterocycles. The number of hydrogen-bond acceptors (Lipinski definition) is 7. The Hall–Kier alpha value is -1.96. The minimum atomic E-state index is 0.545. The van der Waals surface area contributed by atoms with Gasteiger partial charge in [0.25, 0.3) is 0 Å². The molecule has 1 aliphatic heterocycles. The van der Waals surface area contributed by atoms with Crippen LogP contribution < -0.4 is 4.90 Å². The van der Waals surface area contributed by atoms with E-state index in [-0.39, 0.29) is 0 Å². The lowest BCUT2D eigenvalue weighted by atomic mass is 10.1. The molecule has 136 valence electrons. The SMILES string of the molecule is CN1CCCN(c2ccc(-c3noc(Cc4cscn4)n3)cc2Cl)CC1. The van der Waals surface area contributed by atoms with E-state index in [1.165, 1.54) is 0 Å². The van der Waals surface area contributed by atoms with Crippen molar-refractivity contribution in [1.29, 1.82) is 0 Å². The van der Waals surface area contributed by atoms with Crippen molar-refractivity contribution >= 4 is 28.6 Å². The number of halogens is 1. The first-order valence-corrected chi connectivity index (χ1v) is 9.94. The summed E-state index contributed by atoms with van der Waals surface area (Å²) in [5.74, 6) is 1.11. The predicted octanol–water partition coefficient (Wildman–Crippen LogP) is 3.58. The third-order valence-electron chi connectivity index (χ3n) is 4.55. The third-order valence-corrected chi connectivity index (χ3v) is 5.49. The van der Waals surface area contributed by atoms with E-state index in [4.69, 9.17) is 16.1 Å². The molecule has 8 heteroatoms. The van der Waals surface area contributed by atoms with Crippen LogP contribution in [0.5, 0.6) is 0 Å². The van der Waals surface area contributed by atoms with Gasteiger partial charge in [0.15, 0.2) is 0 Å². The number of likely N-dealkylation sites (N-methyl/N-ethyl adjacent to an activating group) is 1. The summed E-state index contributed by atoms with van der Waals surface area (Å²) in [6.07, 6.45) is 1.68. The summed E-state index contributed by atoms with van der Waals surface area (Å²) >= 11 is 8.13. The Balaban J connectivity index is 1.51. The van der Waals surface area contributed by atoms with Gasteiger partial charge in [0.2, 0.25) is 11.7 Å². The molecule has 3 aromatic rings. The van der Waals surface area contributed by atoms with Crippen LogP contribution in [0.25, 0.3) is 11.4 Å². The molecule has 1 fully saturated rings. The molecule has 3 heterocycles. The van der Waals surface area contributed by atoms with Crippen molar-refractivity contribution in [3.8, 4) is 11.4 Å². The van der Waals surface area contributed by atoms with E-state index in [1.54, 1.807) is 16.8 Å². The van der Waals surface area contributed by atoms with E-state index in [0.717, 1.165) is 54.6 Å². The topological polar surface area (TPSA) is 58.3 Å². The standard InChI is InChI=1S/C18H20ClN5OS/c1-23-5-2-6-24(8-7-23)16-4-3-13(9-15(16)19)18-21-17(25-22-18)10-14-11-26-12-20-14/h3-4,9,11-12H,2,5-8,10H2,1H3. The molecule has 0 unspecified atom stereocenters. The lowest BCUT2D eigenvalue weighted by Gasteiger charge is -2.24. The van der Waals surface area contributed by atoms with Crippen molar-refractivity contribution in [3.63, 3.8) is 0 Å². The molecule has 1 aromatic carbocycles. The maximum Gasteiger partial charge on any atom is 0.233 e. The first-order chi connectivity index (χ1) is 12.7. The minimum absolute atomic E-state index is 0.545. The van der Waals surface area contributed by atoms with E-state index < -0.39 is 0 Å². The molecule has 0 spiro atoms. The van der Waals surface area contributed by atoms with Crippen LogP contribution in [0.4, 0.5) is 5.69 Å². The van der Waals surface area contributed by atoms with Crippen molar-refractivity contribution in [2.75, 3.05) is 38.1 Å². The summed E-state index contributed by atoms with van der Waals surface area (Å²) in [5.41, 5.74) is 4.66. The van der Waals surface area contributed by atoms with Gasteiger partial charge in [-0.25, -0.2) is 4.98 Å². The number of benzene rings is 1. The molecular formula is C18H20ClN5OS. The van der Waals surface area contributed by atoms with Crippen LogP contribution in [-0.4, -0.2) is 53.3 Å². The highest BCUT2D eigenvalue weighted by atomic mass is 35.5. The molecule has 0 saturated carbocycles. The van der Waals surface area contributed by atoms with Crippen molar-refractivity contribution in [2.45, 2.75) is 12.8 Å². The second-order valence-electron chi connectivity index (χ2n) is 6.48. The Morgan fingerprint density at radius 3 is 2.96 bits per heavy atom. The van der Waals surface area contributed by atoms with E-state index in [2.05, 4.69) is 38.0 Å². The normalized spacial score (nSPS) is 16.0. The second kappa shape index (κ2) is 7.73. The molecule has 1 aliphatic rings. The zero-order valence-corrected chi connectivity index (χ0v) is 16.1. The van der Waals surface area contributed by atoms with Gasteiger partial charge in [-0.1, -0.05) is 16.8 Å². The lowest BCUT2D eigenvalue weighted by Crippen LogP contribution is -2.28. The van der Waals surface area contributed by atoms with Crippen molar-refractivity contribution in [1.82, 2.24) is 20.0 Å². The van der Waals surface area contributed by atoms with Crippen molar-refractivity contribution < 1.29 is 4.52 Å². The molecule has 2 aromatic heterocycles. The van der Waals surface area contributed by atoms with Crippen LogP contribution in [-0.2, 0) is 6.42 Å². The Labute approximate surface area is 161 Å². The van der Waals surface area contributed by atoms with Crippen LogP contribution in [0.2, 0.25) is 5.02 Å². The van der Waals surface area contributed by atoms with E-state index in [1.807, 2.05) is 17.5 Å². The van der Waals surface area contributed by atoms with E-state index in [9.17, 15) is 0 Å². The zero-order chi connectivity index (χ0) is 17.9. The summed E-state index contributed by atoms with van der Waals surface area (Å²) in [7, 11) is 2.16. The van der Waals surface area contributed by atoms with Crippen LogP contribution in [0.1, 0.15) is 18.0 Å². The maximum atomic E-state index is 6.57. The molecule has 26 heavy (non-hydrogen) atoms. The summed E-state index contributed by atoms with van der Waals surface area (Å²) in [5, 5.41) is 6.79. The third kappa shape index (κ3) is 3.90. The first kappa shape index (κ1) is 17.5. The first-order valence-electron chi connectivity index (χ1n) is 8.62. The largest absolute Gasteiger partial charge is 0.369 e. The zero-order valence-electron chi connectivity index (χ0n) is 14.6. The van der Waals surface area contributed by atoms with Crippen LogP contribution in [0.15, 0.2) is 33.6 Å². The Bertz CT molecular complexity index is 866. The number of anilines is 1. The number of nitrogens with zero attached hydrogens (tertiary/aromatic N) is 5. The molecule has 6 nitrogen and oxygen atoms in total. The monoisotopic (exact) mass is 389 g/mol. The van der Waals surface area contributed by atoms with Gasteiger partial charge in [-0.15, -0.1) is 11.3 Å². The molecule has 4 rings (SSSR count). The van der Waals surface area contributed by atoms with Gasteiger partial charge >= 0.3 is 0 Å². The van der Waals surface area contributed by atoms with Gasteiger partial charge in [-0.2, -0.15) is 4.98 Å². The fourth-order valence-corrected chi connectivity index (χ4v) is 3.97. The average molecular weight is 390 g/mol. The van der Waals surface area contributed by atoms with Gasteiger partial charge in [-0.05, 0) is 38.2 Å².